The second-order valence-corrected chi connectivity index (χ2v) is 4.51. The minimum Gasteiger partial charge on any atom is -0.370 e. The number of hydrogen-bond acceptors (Lipinski definition) is 1. The molecule has 2 rings (SSSR count). The van der Waals surface area contributed by atoms with Crippen LogP contribution in [-0.4, -0.2) is 6.61 Å². The third-order valence-corrected chi connectivity index (χ3v) is 3.52. The van der Waals surface area contributed by atoms with Crippen LogP contribution in [0.3, 0.4) is 0 Å². The van der Waals surface area contributed by atoms with Gasteiger partial charge in [0.25, 0.3) is 0 Å². The van der Waals surface area contributed by atoms with Crippen molar-refractivity contribution in [2.75, 3.05) is 6.61 Å². The zero-order chi connectivity index (χ0) is 10.2. The number of aryl methyl sites for hydroxylation is 1. The lowest BCUT2D eigenvalue weighted by atomic mass is 9.84. The van der Waals surface area contributed by atoms with Crippen molar-refractivity contribution in [1.29, 1.82) is 0 Å². The van der Waals surface area contributed by atoms with Crippen LogP contribution in [0.2, 0.25) is 0 Å². The maximum atomic E-state index is 5.88. The fourth-order valence-electron chi connectivity index (χ4n) is 2.12. The predicted octanol–water partition coefficient (Wildman–Crippen LogP) is 3.27. The summed E-state index contributed by atoms with van der Waals surface area (Å²) < 4.78 is 5.88. The minimum absolute atomic E-state index is 0.0618. The summed E-state index contributed by atoms with van der Waals surface area (Å²) in [4.78, 5) is 0. The predicted molar refractivity (Wildman–Crippen MR) is 58.3 cm³/mol. The van der Waals surface area contributed by atoms with Gasteiger partial charge in [-0.05, 0) is 31.7 Å². The van der Waals surface area contributed by atoms with Crippen molar-refractivity contribution in [3.8, 4) is 0 Å². The summed E-state index contributed by atoms with van der Waals surface area (Å²) in [5.74, 6) is 0.616. The van der Waals surface area contributed by atoms with Crippen LogP contribution in [0.5, 0.6) is 0 Å². The van der Waals surface area contributed by atoms with E-state index in [1.165, 1.54) is 17.5 Å². The average molecular weight is 190 g/mol. The molecule has 1 heterocycles. The molecule has 0 aromatic heterocycles. The number of benzene rings is 1. The first-order valence-electron chi connectivity index (χ1n) is 5.34. The lowest BCUT2D eigenvalue weighted by Gasteiger charge is -2.28. The molecule has 1 aromatic rings. The summed E-state index contributed by atoms with van der Waals surface area (Å²) in [6, 6.07) is 8.71. The minimum atomic E-state index is -0.0618. The molecule has 0 bridgehead atoms. The van der Waals surface area contributed by atoms with Crippen molar-refractivity contribution < 1.29 is 4.74 Å². The molecule has 0 unspecified atom stereocenters. The Morgan fingerprint density at radius 2 is 1.93 bits per heavy atom. The molecular formula is C13H18O. The van der Waals surface area contributed by atoms with Crippen LogP contribution in [-0.2, 0) is 10.3 Å². The van der Waals surface area contributed by atoms with Crippen molar-refractivity contribution >= 4 is 0 Å². The van der Waals surface area contributed by atoms with E-state index in [0.29, 0.717) is 5.92 Å². The van der Waals surface area contributed by atoms with Gasteiger partial charge in [0.2, 0.25) is 0 Å². The van der Waals surface area contributed by atoms with Crippen LogP contribution < -0.4 is 0 Å². The molecule has 0 radical (unpaired) electrons. The Morgan fingerprint density at radius 1 is 1.29 bits per heavy atom. The lowest BCUT2D eigenvalue weighted by molar-refractivity contribution is -0.00581. The van der Waals surface area contributed by atoms with Gasteiger partial charge in [0.05, 0.1) is 5.60 Å². The molecule has 14 heavy (non-hydrogen) atoms. The van der Waals surface area contributed by atoms with Gasteiger partial charge in [0, 0.05) is 6.61 Å². The molecule has 1 aliphatic rings. The lowest BCUT2D eigenvalue weighted by Crippen LogP contribution is -2.26. The second kappa shape index (κ2) is 3.39. The quantitative estimate of drug-likeness (QED) is 0.660. The van der Waals surface area contributed by atoms with Crippen LogP contribution in [0.1, 0.15) is 31.4 Å². The molecule has 1 nitrogen and oxygen atoms in total. The molecule has 0 spiro atoms. The Hall–Kier alpha value is -0.820. The van der Waals surface area contributed by atoms with Gasteiger partial charge in [0.1, 0.15) is 0 Å². The van der Waals surface area contributed by atoms with Gasteiger partial charge < -0.3 is 4.74 Å². The molecular weight excluding hydrogens is 172 g/mol. The monoisotopic (exact) mass is 190 g/mol. The highest BCUT2D eigenvalue weighted by molar-refractivity contribution is 5.27. The smallest absolute Gasteiger partial charge is 0.0929 e. The molecule has 0 N–H and O–H groups in total. The van der Waals surface area contributed by atoms with E-state index >= 15 is 0 Å². The SMILES string of the molecule is Cc1ccc([C@]2(C)OCC[C@@H]2C)cc1. The molecule has 0 saturated carbocycles. The zero-order valence-electron chi connectivity index (χ0n) is 9.21. The molecule has 1 aliphatic heterocycles. The molecule has 1 aromatic carbocycles. The first kappa shape index (κ1) is 9.72. The molecule has 1 saturated heterocycles. The molecule has 1 fully saturated rings. The van der Waals surface area contributed by atoms with Crippen molar-refractivity contribution in [3.63, 3.8) is 0 Å². The average Bonchev–Trinajstić information content (AvgIpc) is 2.49. The standard InChI is InChI=1S/C13H18O/c1-10-4-6-12(7-5-10)13(3)11(2)8-9-14-13/h4-7,11H,8-9H2,1-3H3/t11-,13+/m0/s1. The van der Waals surface area contributed by atoms with E-state index in [9.17, 15) is 0 Å². The van der Waals surface area contributed by atoms with Gasteiger partial charge in [-0.3, -0.25) is 0 Å². The van der Waals surface area contributed by atoms with E-state index in [1.54, 1.807) is 0 Å². The molecule has 0 aliphatic carbocycles. The normalized spacial score (nSPS) is 32.1. The second-order valence-electron chi connectivity index (χ2n) is 4.51. The van der Waals surface area contributed by atoms with Gasteiger partial charge in [-0.2, -0.15) is 0 Å². The van der Waals surface area contributed by atoms with Gasteiger partial charge >= 0.3 is 0 Å². The van der Waals surface area contributed by atoms with Crippen molar-refractivity contribution in [3.05, 3.63) is 35.4 Å². The summed E-state index contributed by atoms with van der Waals surface area (Å²) in [7, 11) is 0. The largest absolute Gasteiger partial charge is 0.370 e. The Labute approximate surface area is 86.1 Å². The molecule has 0 amide bonds. The van der Waals surface area contributed by atoms with Crippen LogP contribution in [0, 0.1) is 12.8 Å². The van der Waals surface area contributed by atoms with E-state index in [2.05, 4.69) is 45.0 Å². The maximum absolute atomic E-state index is 5.88. The highest BCUT2D eigenvalue weighted by Gasteiger charge is 2.38. The van der Waals surface area contributed by atoms with Crippen LogP contribution in [0.15, 0.2) is 24.3 Å². The number of hydrogen-bond donors (Lipinski definition) is 0. The highest BCUT2D eigenvalue weighted by Crippen LogP contribution is 2.40. The number of rotatable bonds is 1. The Balaban J connectivity index is 2.34. The van der Waals surface area contributed by atoms with Gasteiger partial charge in [0.15, 0.2) is 0 Å². The Kier molecular flexibility index (Phi) is 2.36. The van der Waals surface area contributed by atoms with Gasteiger partial charge in [-0.1, -0.05) is 36.8 Å². The maximum Gasteiger partial charge on any atom is 0.0929 e. The zero-order valence-corrected chi connectivity index (χ0v) is 9.21. The third-order valence-electron chi connectivity index (χ3n) is 3.52. The van der Waals surface area contributed by atoms with Crippen molar-refractivity contribution in [2.24, 2.45) is 5.92 Å². The highest BCUT2D eigenvalue weighted by atomic mass is 16.5. The topological polar surface area (TPSA) is 9.23 Å². The van der Waals surface area contributed by atoms with Gasteiger partial charge in [-0.25, -0.2) is 0 Å². The third kappa shape index (κ3) is 1.46. The summed E-state index contributed by atoms with van der Waals surface area (Å²) in [5.41, 5.74) is 2.56. The van der Waals surface area contributed by atoms with Crippen LogP contribution in [0.25, 0.3) is 0 Å². The van der Waals surface area contributed by atoms with Gasteiger partial charge in [-0.15, -0.1) is 0 Å². The van der Waals surface area contributed by atoms with E-state index in [0.717, 1.165) is 6.61 Å². The van der Waals surface area contributed by atoms with E-state index in [1.807, 2.05) is 0 Å². The van der Waals surface area contributed by atoms with Crippen molar-refractivity contribution in [2.45, 2.75) is 32.8 Å². The summed E-state index contributed by atoms with van der Waals surface area (Å²) in [6.07, 6.45) is 1.17. The van der Waals surface area contributed by atoms with Crippen molar-refractivity contribution in [1.82, 2.24) is 0 Å². The summed E-state index contributed by atoms with van der Waals surface area (Å²) >= 11 is 0. The van der Waals surface area contributed by atoms with E-state index in [4.69, 9.17) is 4.74 Å². The fourth-order valence-corrected chi connectivity index (χ4v) is 2.12. The van der Waals surface area contributed by atoms with E-state index < -0.39 is 0 Å². The molecule has 1 heteroatoms. The molecule has 76 valence electrons. The first-order valence-corrected chi connectivity index (χ1v) is 5.34. The summed E-state index contributed by atoms with van der Waals surface area (Å²) in [5, 5.41) is 0. The first-order chi connectivity index (χ1) is 6.63. The summed E-state index contributed by atoms with van der Waals surface area (Å²) in [6.45, 7) is 7.48. The fraction of sp³-hybridized carbons (Fsp3) is 0.538. The molecule has 2 atom stereocenters. The van der Waals surface area contributed by atoms with Crippen LogP contribution >= 0.6 is 0 Å². The van der Waals surface area contributed by atoms with Crippen LogP contribution in [0.4, 0.5) is 0 Å². The Bertz CT molecular complexity index is 315. The van der Waals surface area contributed by atoms with E-state index in [-0.39, 0.29) is 5.60 Å². The number of ether oxygens (including phenoxy) is 1. The Morgan fingerprint density at radius 3 is 2.43 bits per heavy atom.